The molecule has 3 rings (SSSR count). The fraction of sp³-hybridized carbons (Fsp3) is 0.600. The number of nitrogens with one attached hydrogen (secondary N) is 1. The van der Waals surface area contributed by atoms with E-state index in [9.17, 15) is 4.79 Å². The third kappa shape index (κ3) is 4.50. The molecule has 3 atom stereocenters. The lowest BCUT2D eigenvalue weighted by Gasteiger charge is -2.18. The van der Waals surface area contributed by atoms with Gasteiger partial charge in [-0.3, -0.25) is 4.57 Å². The van der Waals surface area contributed by atoms with Gasteiger partial charge in [-0.05, 0) is 26.7 Å². The van der Waals surface area contributed by atoms with Crippen molar-refractivity contribution in [3.8, 4) is 0 Å². The van der Waals surface area contributed by atoms with Crippen LogP contribution in [0, 0.1) is 0 Å². The van der Waals surface area contributed by atoms with Crippen molar-refractivity contribution in [3.05, 3.63) is 12.7 Å². The van der Waals surface area contributed by atoms with Gasteiger partial charge in [-0.25, -0.2) is 19.7 Å². The molecule has 1 aliphatic rings. The van der Waals surface area contributed by atoms with E-state index in [1.165, 1.54) is 6.33 Å². The molecule has 1 unspecified atom stereocenters. The van der Waals surface area contributed by atoms with Gasteiger partial charge in [0.05, 0.1) is 19.0 Å². The number of ether oxygens (including phenoxy) is 2. The van der Waals surface area contributed by atoms with E-state index in [-0.39, 0.29) is 25.0 Å². The Bertz CT molecular complexity index is 800. The predicted octanol–water partition coefficient (Wildman–Crippen LogP) is 1.05. The SMILES string of the molecule is CC(C)Nc1ncnc2c1ncn2[C@H]1CC[C@@H](COC(C(=O)O)P(O)O)O1. The van der Waals surface area contributed by atoms with Crippen LogP contribution < -0.4 is 5.32 Å². The highest BCUT2D eigenvalue weighted by Crippen LogP contribution is 2.35. The van der Waals surface area contributed by atoms with Crippen molar-refractivity contribution in [1.82, 2.24) is 19.5 Å². The van der Waals surface area contributed by atoms with Gasteiger partial charge in [0, 0.05) is 6.04 Å². The first-order valence-electron chi connectivity index (χ1n) is 8.47. The normalized spacial score (nSPS) is 21.3. The number of nitrogens with zero attached hydrogens (tertiary/aromatic N) is 4. The van der Waals surface area contributed by atoms with Crippen molar-refractivity contribution >= 4 is 31.3 Å². The van der Waals surface area contributed by atoms with E-state index in [2.05, 4.69) is 20.3 Å². The van der Waals surface area contributed by atoms with Crippen LogP contribution in [0.3, 0.4) is 0 Å². The molecule has 1 aliphatic heterocycles. The van der Waals surface area contributed by atoms with Crippen molar-refractivity contribution in [3.63, 3.8) is 0 Å². The average molecular weight is 399 g/mol. The number of rotatable bonds is 8. The Labute approximate surface area is 156 Å². The molecule has 0 aliphatic carbocycles. The number of carboxylic acids is 1. The molecule has 0 radical (unpaired) electrons. The Kier molecular flexibility index (Phi) is 6.18. The zero-order valence-electron chi connectivity index (χ0n) is 14.9. The Balaban J connectivity index is 1.68. The molecule has 1 fully saturated rings. The molecule has 0 amide bonds. The van der Waals surface area contributed by atoms with Crippen molar-refractivity contribution in [2.24, 2.45) is 0 Å². The number of anilines is 1. The summed E-state index contributed by atoms with van der Waals surface area (Å²) in [6.07, 6.45) is 3.72. The van der Waals surface area contributed by atoms with Crippen molar-refractivity contribution in [2.75, 3.05) is 11.9 Å². The molecule has 0 saturated carbocycles. The van der Waals surface area contributed by atoms with Gasteiger partial charge in [-0.2, -0.15) is 0 Å². The van der Waals surface area contributed by atoms with E-state index in [0.717, 1.165) is 0 Å². The maximum atomic E-state index is 10.9. The number of hydrogen-bond donors (Lipinski definition) is 4. The number of imidazole rings is 1. The highest BCUT2D eigenvalue weighted by Gasteiger charge is 2.32. The largest absolute Gasteiger partial charge is 0.479 e. The van der Waals surface area contributed by atoms with Gasteiger partial charge >= 0.3 is 5.97 Å². The smallest absolute Gasteiger partial charge is 0.342 e. The van der Waals surface area contributed by atoms with Crippen molar-refractivity contribution in [1.29, 1.82) is 0 Å². The van der Waals surface area contributed by atoms with E-state index >= 15 is 0 Å². The molecule has 2 aromatic heterocycles. The summed E-state index contributed by atoms with van der Waals surface area (Å²) in [7, 11) is -2.72. The lowest BCUT2D eigenvalue weighted by atomic mass is 10.2. The second-order valence-electron chi connectivity index (χ2n) is 6.48. The third-order valence-electron chi connectivity index (χ3n) is 4.04. The molecule has 1 saturated heterocycles. The second-order valence-corrected chi connectivity index (χ2v) is 7.59. The maximum absolute atomic E-state index is 10.9. The highest BCUT2D eigenvalue weighted by molar-refractivity contribution is 7.46. The van der Waals surface area contributed by atoms with Crippen LogP contribution in [0.2, 0.25) is 0 Å². The topological polar surface area (TPSA) is 152 Å². The molecule has 12 heteroatoms. The number of carboxylic acid groups (broad SMARTS) is 1. The van der Waals surface area contributed by atoms with E-state index in [4.69, 9.17) is 24.4 Å². The highest BCUT2D eigenvalue weighted by atomic mass is 31.2. The average Bonchev–Trinajstić information content (AvgIpc) is 3.20. The molecule has 11 nitrogen and oxygen atoms in total. The Morgan fingerprint density at radius 1 is 1.41 bits per heavy atom. The quantitative estimate of drug-likeness (QED) is 0.474. The summed E-state index contributed by atoms with van der Waals surface area (Å²) in [4.78, 5) is 42.1. The minimum Gasteiger partial charge on any atom is -0.479 e. The summed E-state index contributed by atoms with van der Waals surface area (Å²) in [6, 6.07) is 0.197. The summed E-state index contributed by atoms with van der Waals surface area (Å²) in [5.74, 6) is -2.41. The van der Waals surface area contributed by atoms with E-state index in [1.54, 1.807) is 6.33 Å². The van der Waals surface area contributed by atoms with Crippen molar-refractivity contribution in [2.45, 2.75) is 50.9 Å². The summed E-state index contributed by atoms with van der Waals surface area (Å²) in [5.41, 5.74) is 1.28. The molecular weight excluding hydrogens is 377 g/mol. The van der Waals surface area contributed by atoms with E-state index < -0.39 is 20.2 Å². The fourth-order valence-corrected chi connectivity index (χ4v) is 3.31. The van der Waals surface area contributed by atoms with Crippen LogP contribution in [-0.4, -0.2) is 65.0 Å². The Hall–Kier alpha value is -1.91. The summed E-state index contributed by atoms with van der Waals surface area (Å²) in [5, 5.41) is 12.1. The van der Waals surface area contributed by atoms with Gasteiger partial charge in [0.25, 0.3) is 0 Å². The molecule has 3 heterocycles. The first-order valence-corrected chi connectivity index (χ1v) is 9.79. The van der Waals surface area contributed by atoms with Crippen LogP contribution in [0.1, 0.15) is 32.9 Å². The van der Waals surface area contributed by atoms with Gasteiger partial charge in [-0.15, -0.1) is 0 Å². The minimum absolute atomic E-state index is 0.0464. The van der Waals surface area contributed by atoms with Gasteiger partial charge in [0.1, 0.15) is 12.6 Å². The van der Waals surface area contributed by atoms with E-state index in [1.807, 2.05) is 18.4 Å². The zero-order chi connectivity index (χ0) is 19.6. The minimum atomic E-state index is -2.72. The van der Waals surface area contributed by atoms with Gasteiger partial charge < -0.3 is 29.7 Å². The first kappa shape index (κ1) is 19.8. The standard InChI is InChI=1S/C15H22N5O6P/c1-8(2)19-12-11-13(17-6-16-12)20(7-18-11)10-4-3-9(26-10)5-25-15(14(21)22)27(23)24/h6-10,15,23-24H,3-5H2,1-2H3,(H,21,22)(H,16,17,19)/t9-,10+,15?/m0/s1. The number of carbonyl (C=O) groups is 1. The zero-order valence-corrected chi connectivity index (χ0v) is 15.8. The molecule has 0 aromatic carbocycles. The van der Waals surface area contributed by atoms with Crippen LogP contribution in [0.4, 0.5) is 5.82 Å². The van der Waals surface area contributed by atoms with Crippen LogP contribution in [-0.2, 0) is 14.3 Å². The number of aliphatic carboxylic acids is 1. The summed E-state index contributed by atoms with van der Waals surface area (Å²) in [6.45, 7) is 3.96. The molecular formula is C15H22N5O6P. The van der Waals surface area contributed by atoms with Crippen LogP contribution in [0.25, 0.3) is 11.2 Å². The van der Waals surface area contributed by atoms with Gasteiger partial charge in [0.15, 0.2) is 17.0 Å². The number of aromatic nitrogens is 4. The van der Waals surface area contributed by atoms with Gasteiger partial charge in [-0.1, -0.05) is 0 Å². The summed E-state index contributed by atoms with van der Waals surface area (Å²) < 4.78 is 12.8. The van der Waals surface area contributed by atoms with Crippen LogP contribution in [0.15, 0.2) is 12.7 Å². The first-order chi connectivity index (χ1) is 12.9. The maximum Gasteiger partial charge on any atom is 0.342 e. The molecule has 0 spiro atoms. The summed E-state index contributed by atoms with van der Waals surface area (Å²) >= 11 is 0. The van der Waals surface area contributed by atoms with Crippen LogP contribution in [0.5, 0.6) is 0 Å². The lowest BCUT2D eigenvalue weighted by molar-refractivity contribution is -0.147. The Morgan fingerprint density at radius 3 is 2.85 bits per heavy atom. The third-order valence-corrected chi connectivity index (χ3v) is 4.83. The molecule has 27 heavy (non-hydrogen) atoms. The fourth-order valence-electron chi connectivity index (χ4n) is 2.89. The molecule has 0 bridgehead atoms. The monoisotopic (exact) mass is 399 g/mol. The lowest BCUT2D eigenvalue weighted by Crippen LogP contribution is -2.27. The number of fused-ring (bicyclic) bond motifs is 1. The van der Waals surface area contributed by atoms with Gasteiger partial charge in [0.2, 0.25) is 14.2 Å². The molecule has 4 N–H and O–H groups in total. The Morgan fingerprint density at radius 2 is 2.19 bits per heavy atom. The second kappa shape index (κ2) is 8.41. The predicted molar refractivity (Wildman–Crippen MR) is 96.0 cm³/mol. The molecule has 148 valence electrons. The number of hydrogen-bond acceptors (Lipinski definition) is 9. The van der Waals surface area contributed by atoms with Crippen LogP contribution >= 0.6 is 8.38 Å². The van der Waals surface area contributed by atoms with Crippen molar-refractivity contribution < 1.29 is 29.2 Å². The van der Waals surface area contributed by atoms with E-state index in [0.29, 0.717) is 29.8 Å². The molecule has 2 aromatic rings.